The van der Waals surface area contributed by atoms with Gasteiger partial charge in [-0.05, 0) is 55.2 Å². The summed E-state index contributed by atoms with van der Waals surface area (Å²) < 4.78 is 0. The minimum absolute atomic E-state index is 0.0770. The van der Waals surface area contributed by atoms with Crippen molar-refractivity contribution in [3.05, 3.63) is 64.2 Å². The summed E-state index contributed by atoms with van der Waals surface area (Å²) in [6, 6.07) is 12.8. The van der Waals surface area contributed by atoms with E-state index in [-0.39, 0.29) is 18.0 Å². The summed E-state index contributed by atoms with van der Waals surface area (Å²) in [5.74, 6) is -0.0741. The molecule has 0 saturated carbocycles. The maximum absolute atomic E-state index is 13.0. The van der Waals surface area contributed by atoms with Gasteiger partial charge in [0.05, 0.1) is 11.3 Å². The molecule has 0 aliphatic carbocycles. The van der Waals surface area contributed by atoms with Crippen LogP contribution in [0.1, 0.15) is 52.0 Å². The first-order valence-corrected chi connectivity index (χ1v) is 10.1. The van der Waals surface area contributed by atoms with Crippen molar-refractivity contribution in [3.63, 3.8) is 0 Å². The maximum atomic E-state index is 13.0. The van der Waals surface area contributed by atoms with Crippen molar-refractivity contribution in [1.82, 2.24) is 10.2 Å². The summed E-state index contributed by atoms with van der Waals surface area (Å²) in [7, 11) is 2.02. The summed E-state index contributed by atoms with van der Waals surface area (Å²) in [5, 5.41) is 3.61. The second-order valence-electron chi connectivity index (χ2n) is 7.48. The topological polar surface area (TPSA) is 52.7 Å². The van der Waals surface area contributed by atoms with Crippen LogP contribution in [0.3, 0.4) is 0 Å². The predicted molar refractivity (Wildman–Crippen MR) is 111 cm³/mol. The third-order valence-electron chi connectivity index (χ3n) is 5.67. The zero-order chi connectivity index (χ0) is 19.7. The molecule has 5 nitrogen and oxygen atoms in total. The first-order valence-electron chi connectivity index (χ1n) is 9.75. The van der Waals surface area contributed by atoms with Crippen molar-refractivity contribution in [2.45, 2.75) is 38.4 Å². The molecule has 1 N–H and O–H groups in total. The van der Waals surface area contributed by atoms with Gasteiger partial charge in [0.2, 0.25) is 0 Å². The lowest BCUT2D eigenvalue weighted by atomic mass is 10.0. The van der Waals surface area contributed by atoms with E-state index in [1.807, 2.05) is 30.1 Å². The Bertz CT molecular complexity index is 897. The van der Waals surface area contributed by atoms with Crippen LogP contribution in [0.2, 0.25) is 5.02 Å². The van der Waals surface area contributed by atoms with E-state index in [9.17, 15) is 9.59 Å². The first kappa shape index (κ1) is 18.8. The molecule has 0 spiro atoms. The highest BCUT2D eigenvalue weighted by atomic mass is 35.5. The molecule has 2 aromatic rings. The Kier molecular flexibility index (Phi) is 5.27. The van der Waals surface area contributed by atoms with Crippen molar-refractivity contribution >= 4 is 29.1 Å². The van der Waals surface area contributed by atoms with Crippen LogP contribution in [0, 0.1) is 0 Å². The van der Waals surface area contributed by atoms with Crippen LogP contribution in [0.5, 0.6) is 0 Å². The van der Waals surface area contributed by atoms with Gasteiger partial charge in [0, 0.05) is 30.7 Å². The van der Waals surface area contributed by atoms with Gasteiger partial charge in [0.15, 0.2) is 0 Å². The summed E-state index contributed by atoms with van der Waals surface area (Å²) >= 11 is 5.90. The molecule has 6 heteroatoms. The molecule has 28 heavy (non-hydrogen) atoms. The fourth-order valence-corrected chi connectivity index (χ4v) is 4.20. The van der Waals surface area contributed by atoms with Crippen molar-refractivity contribution in [3.8, 4) is 0 Å². The lowest BCUT2D eigenvalue weighted by Crippen LogP contribution is -2.53. The van der Waals surface area contributed by atoms with Crippen LogP contribution in [0.25, 0.3) is 0 Å². The number of rotatable bonds is 3. The number of halogens is 1. The standard InChI is InChI=1S/C22H24ClN3O2/c1-25-19-13-16(21(27)24-14-15-6-9-17(23)10-7-15)8-11-18(19)22(28)26-12-4-2-3-5-20(25)26/h6-11,13,20H,2-5,12,14H2,1H3,(H,24,27). The molecule has 1 unspecified atom stereocenters. The molecular weight excluding hydrogens is 374 g/mol. The second kappa shape index (κ2) is 7.84. The summed E-state index contributed by atoms with van der Waals surface area (Å²) in [6.07, 6.45) is 4.37. The third kappa shape index (κ3) is 3.59. The fraction of sp³-hybridized carbons (Fsp3) is 0.364. The number of carbonyl (C=O) groups excluding carboxylic acids is 2. The first-order chi connectivity index (χ1) is 13.5. The highest BCUT2D eigenvalue weighted by Gasteiger charge is 2.36. The SMILES string of the molecule is CN1c2cc(C(=O)NCc3ccc(Cl)cc3)ccc2C(=O)N2CCCCCC21. The molecule has 1 saturated heterocycles. The van der Waals surface area contributed by atoms with Crippen molar-refractivity contribution in [1.29, 1.82) is 0 Å². The monoisotopic (exact) mass is 397 g/mol. The smallest absolute Gasteiger partial charge is 0.257 e. The average Bonchev–Trinajstić information content (AvgIpc) is 2.97. The Labute approximate surface area is 170 Å². The Morgan fingerprint density at radius 1 is 1.14 bits per heavy atom. The highest BCUT2D eigenvalue weighted by molar-refractivity contribution is 6.30. The molecule has 0 radical (unpaired) electrons. The third-order valence-corrected chi connectivity index (χ3v) is 5.92. The van der Waals surface area contributed by atoms with Crippen molar-refractivity contribution in [2.75, 3.05) is 18.5 Å². The highest BCUT2D eigenvalue weighted by Crippen LogP contribution is 2.34. The van der Waals surface area contributed by atoms with Crippen LogP contribution in [-0.4, -0.2) is 36.5 Å². The molecule has 1 atom stereocenters. The molecule has 146 valence electrons. The van der Waals surface area contributed by atoms with Gasteiger partial charge in [-0.2, -0.15) is 0 Å². The average molecular weight is 398 g/mol. The number of hydrogen-bond acceptors (Lipinski definition) is 3. The van der Waals surface area contributed by atoms with E-state index in [1.165, 1.54) is 0 Å². The molecule has 2 aliphatic rings. The molecule has 1 fully saturated rings. The number of carbonyl (C=O) groups is 2. The number of hydrogen-bond donors (Lipinski definition) is 1. The maximum Gasteiger partial charge on any atom is 0.257 e. The Hall–Kier alpha value is -2.53. The normalized spacial score (nSPS) is 18.9. The van der Waals surface area contributed by atoms with E-state index in [2.05, 4.69) is 10.2 Å². The van der Waals surface area contributed by atoms with Crippen LogP contribution < -0.4 is 10.2 Å². The molecule has 2 amide bonds. The van der Waals surface area contributed by atoms with Crippen LogP contribution in [0.15, 0.2) is 42.5 Å². The van der Waals surface area contributed by atoms with Gasteiger partial charge in [-0.25, -0.2) is 0 Å². The zero-order valence-corrected chi connectivity index (χ0v) is 16.7. The van der Waals surface area contributed by atoms with Crippen LogP contribution in [0.4, 0.5) is 5.69 Å². The van der Waals surface area contributed by atoms with Gasteiger partial charge in [-0.1, -0.05) is 30.2 Å². The van der Waals surface area contributed by atoms with Gasteiger partial charge in [0.25, 0.3) is 11.8 Å². The number of fused-ring (bicyclic) bond motifs is 2. The molecule has 0 bridgehead atoms. The molecule has 2 aromatic carbocycles. The number of benzene rings is 2. The summed E-state index contributed by atoms with van der Waals surface area (Å²) in [4.78, 5) is 29.7. The molecule has 2 heterocycles. The molecular formula is C22H24ClN3O2. The zero-order valence-electron chi connectivity index (χ0n) is 16.0. The minimum atomic E-state index is -0.151. The van der Waals surface area contributed by atoms with Crippen LogP contribution >= 0.6 is 11.6 Å². The number of amides is 2. The Balaban J connectivity index is 1.54. The minimum Gasteiger partial charge on any atom is -0.354 e. The quantitative estimate of drug-likeness (QED) is 0.849. The summed E-state index contributed by atoms with van der Waals surface area (Å²) in [5.41, 5.74) is 3.06. The lowest BCUT2D eigenvalue weighted by Gasteiger charge is -2.43. The van der Waals surface area contributed by atoms with Gasteiger partial charge in [-0.3, -0.25) is 9.59 Å². The molecule has 4 rings (SSSR count). The Morgan fingerprint density at radius 2 is 1.93 bits per heavy atom. The Morgan fingerprint density at radius 3 is 2.71 bits per heavy atom. The van der Waals surface area contributed by atoms with E-state index in [0.717, 1.165) is 43.5 Å². The summed E-state index contributed by atoms with van der Waals surface area (Å²) in [6.45, 7) is 1.23. The van der Waals surface area contributed by atoms with Crippen molar-refractivity contribution < 1.29 is 9.59 Å². The fourth-order valence-electron chi connectivity index (χ4n) is 4.08. The van der Waals surface area contributed by atoms with E-state index >= 15 is 0 Å². The predicted octanol–water partition coefficient (Wildman–Crippen LogP) is 4.06. The number of nitrogens with zero attached hydrogens (tertiary/aromatic N) is 2. The van der Waals surface area contributed by atoms with E-state index in [4.69, 9.17) is 11.6 Å². The van der Waals surface area contributed by atoms with Crippen LogP contribution in [-0.2, 0) is 6.54 Å². The van der Waals surface area contributed by atoms with Gasteiger partial charge in [-0.15, -0.1) is 0 Å². The second-order valence-corrected chi connectivity index (χ2v) is 7.92. The van der Waals surface area contributed by atoms with E-state index in [1.54, 1.807) is 24.3 Å². The van der Waals surface area contributed by atoms with Gasteiger partial charge < -0.3 is 15.1 Å². The lowest BCUT2D eigenvalue weighted by molar-refractivity contribution is 0.0661. The number of nitrogens with one attached hydrogen (secondary N) is 1. The molecule has 0 aromatic heterocycles. The van der Waals surface area contributed by atoms with Gasteiger partial charge >= 0.3 is 0 Å². The van der Waals surface area contributed by atoms with Crippen molar-refractivity contribution in [2.24, 2.45) is 0 Å². The van der Waals surface area contributed by atoms with E-state index in [0.29, 0.717) is 22.7 Å². The largest absolute Gasteiger partial charge is 0.354 e. The number of anilines is 1. The van der Waals surface area contributed by atoms with E-state index < -0.39 is 0 Å². The molecule has 2 aliphatic heterocycles. The van der Waals surface area contributed by atoms with Gasteiger partial charge in [0.1, 0.15) is 6.17 Å².